The van der Waals surface area contributed by atoms with Gasteiger partial charge in [-0.15, -0.1) is 0 Å². The summed E-state index contributed by atoms with van der Waals surface area (Å²) in [5.74, 6) is 1.00. The second-order valence-electron chi connectivity index (χ2n) is 7.64. The predicted octanol–water partition coefficient (Wildman–Crippen LogP) is 1.95. The molecule has 4 heteroatoms. The van der Waals surface area contributed by atoms with Crippen molar-refractivity contribution in [1.82, 2.24) is 15.1 Å². The quantitative estimate of drug-likeness (QED) is 0.861. The summed E-state index contributed by atoms with van der Waals surface area (Å²) in [7, 11) is 1.92. The van der Waals surface area contributed by atoms with E-state index in [0.717, 1.165) is 32.5 Å². The summed E-state index contributed by atoms with van der Waals surface area (Å²) in [6.45, 7) is 12.2. The van der Waals surface area contributed by atoms with Crippen LogP contribution in [0, 0.1) is 11.3 Å². The minimum atomic E-state index is 0.0162. The Morgan fingerprint density at radius 2 is 1.90 bits per heavy atom. The van der Waals surface area contributed by atoms with Crippen LogP contribution in [-0.2, 0) is 4.79 Å². The highest BCUT2D eigenvalue weighted by Crippen LogP contribution is 2.30. The van der Waals surface area contributed by atoms with Crippen LogP contribution in [0.15, 0.2) is 0 Å². The van der Waals surface area contributed by atoms with Gasteiger partial charge < -0.3 is 15.1 Å². The van der Waals surface area contributed by atoms with Crippen molar-refractivity contribution in [2.75, 3.05) is 39.8 Å². The Balaban J connectivity index is 1.97. The van der Waals surface area contributed by atoms with Gasteiger partial charge in [0, 0.05) is 13.1 Å². The van der Waals surface area contributed by atoms with Crippen molar-refractivity contribution in [2.24, 2.45) is 11.3 Å². The van der Waals surface area contributed by atoms with Gasteiger partial charge in [-0.05, 0) is 63.7 Å². The second-order valence-corrected chi connectivity index (χ2v) is 7.64. The summed E-state index contributed by atoms with van der Waals surface area (Å²) < 4.78 is 0. The van der Waals surface area contributed by atoms with Gasteiger partial charge >= 0.3 is 0 Å². The summed E-state index contributed by atoms with van der Waals surface area (Å²) in [5.41, 5.74) is 0.241. The third-order valence-corrected chi connectivity index (χ3v) is 5.32. The van der Waals surface area contributed by atoms with Crippen molar-refractivity contribution in [2.45, 2.75) is 52.5 Å². The van der Waals surface area contributed by atoms with E-state index in [9.17, 15) is 4.79 Å². The average Bonchev–Trinajstić information content (AvgIpc) is 2.57. The van der Waals surface area contributed by atoms with E-state index in [2.05, 4.69) is 35.9 Å². The molecule has 1 amide bonds. The van der Waals surface area contributed by atoms with E-state index < -0.39 is 0 Å². The van der Waals surface area contributed by atoms with Gasteiger partial charge in [-0.2, -0.15) is 0 Å². The molecule has 2 aliphatic rings. The zero-order chi connectivity index (χ0) is 15.5. The molecule has 0 aromatic heterocycles. The van der Waals surface area contributed by atoms with Crippen LogP contribution in [0.1, 0.15) is 46.5 Å². The first-order valence-corrected chi connectivity index (χ1v) is 8.63. The first-order valence-electron chi connectivity index (χ1n) is 8.63. The van der Waals surface area contributed by atoms with Crippen molar-refractivity contribution in [3.63, 3.8) is 0 Å². The summed E-state index contributed by atoms with van der Waals surface area (Å²) in [4.78, 5) is 17.4. The molecule has 1 unspecified atom stereocenters. The highest BCUT2D eigenvalue weighted by molar-refractivity contribution is 5.82. The fraction of sp³-hybridized carbons (Fsp3) is 0.941. The van der Waals surface area contributed by atoms with Crippen LogP contribution in [0.5, 0.6) is 0 Å². The molecule has 1 N–H and O–H groups in total. The van der Waals surface area contributed by atoms with Crippen LogP contribution < -0.4 is 5.32 Å². The minimum absolute atomic E-state index is 0.0162. The molecule has 0 bridgehead atoms. The lowest BCUT2D eigenvalue weighted by atomic mass is 9.87. The van der Waals surface area contributed by atoms with Crippen LogP contribution in [-0.4, -0.2) is 61.5 Å². The molecule has 1 atom stereocenters. The van der Waals surface area contributed by atoms with Gasteiger partial charge in [0.15, 0.2) is 0 Å². The highest BCUT2D eigenvalue weighted by Gasteiger charge is 2.35. The van der Waals surface area contributed by atoms with E-state index >= 15 is 0 Å². The Morgan fingerprint density at radius 3 is 2.48 bits per heavy atom. The number of likely N-dealkylation sites (tertiary alicyclic amines) is 2. The fourth-order valence-electron chi connectivity index (χ4n) is 3.77. The lowest BCUT2D eigenvalue weighted by molar-refractivity contribution is -0.134. The normalized spacial score (nSPS) is 28.7. The third kappa shape index (κ3) is 4.43. The number of hydrogen-bond donors (Lipinski definition) is 1. The van der Waals surface area contributed by atoms with Crippen LogP contribution in [0.25, 0.3) is 0 Å². The van der Waals surface area contributed by atoms with Crippen LogP contribution in [0.2, 0.25) is 0 Å². The van der Waals surface area contributed by atoms with Crippen LogP contribution in [0.3, 0.4) is 0 Å². The zero-order valence-corrected chi connectivity index (χ0v) is 14.3. The van der Waals surface area contributed by atoms with Crippen molar-refractivity contribution < 1.29 is 4.79 Å². The topological polar surface area (TPSA) is 35.6 Å². The van der Waals surface area contributed by atoms with Crippen LogP contribution >= 0.6 is 0 Å². The summed E-state index contributed by atoms with van der Waals surface area (Å²) in [6.07, 6.45) is 4.56. The van der Waals surface area contributed by atoms with E-state index in [4.69, 9.17) is 0 Å². The number of amides is 1. The number of rotatable bonds is 4. The van der Waals surface area contributed by atoms with E-state index in [-0.39, 0.29) is 11.5 Å². The van der Waals surface area contributed by atoms with E-state index in [1.54, 1.807) is 0 Å². The fourth-order valence-corrected chi connectivity index (χ4v) is 3.77. The summed E-state index contributed by atoms with van der Waals surface area (Å²) >= 11 is 0. The number of nitrogens with zero attached hydrogens (tertiary/aromatic N) is 2. The second kappa shape index (κ2) is 7.10. The van der Waals surface area contributed by atoms with Crippen molar-refractivity contribution in [3.8, 4) is 0 Å². The Kier molecular flexibility index (Phi) is 5.67. The van der Waals surface area contributed by atoms with Gasteiger partial charge in [0.1, 0.15) is 0 Å². The molecule has 122 valence electrons. The average molecular weight is 295 g/mol. The molecule has 0 aliphatic carbocycles. The maximum absolute atomic E-state index is 12.7. The molecule has 2 saturated heterocycles. The molecule has 0 saturated carbocycles. The predicted molar refractivity (Wildman–Crippen MR) is 87.3 cm³/mol. The number of piperidine rings is 1. The standard InChI is InChI=1S/C17H33N3O/c1-5-19-10-7-14(8-11-19)12-20-13-17(2,3)9-6-15(18-4)16(20)21/h14-15,18H,5-13H2,1-4H3. The Hall–Kier alpha value is -0.610. The maximum Gasteiger partial charge on any atom is 0.239 e. The van der Waals surface area contributed by atoms with Gasteiger partial charge in [-0.25, -0.2) is 0 Å². The van der Waals surface area contributed by atoms with Crippen molar-refractivity contribution in [1.29, 1.82) is 0 Å². The molecule has 0 aromatic rings. The molecule has 2 heterocycles. The molecule has 0 aromatic carbocycles. The molecule has 21 heavy (non-hydrogen) atoms. The lowest BCUT2D eigenvalue weighted by Crippen LogP contribution is -2.48. The number of likely N-dealkylation sites (N-methyl/N-ethyl adjacent to an activating group) is 1. The number of carbonyl (C=O) groups excluding carboxylic acids is 1. The van der Waals surface area contributed by atoms with E-state index in [1.165, 1.54) is 25.9 Å². The van der Waals surface area contributed by atoms with Crippen molar-refractivity contribution >= 4 is 5.91 Å². The molecule has 2 rings (SSSR count). The molecule has 2 aliphatic heterocycles. The van der Waals surface area contributed by atoms with Gasteiger partial charge in [-0.3, -0.25) is 4.79 Å². The maximum atomic E-state index is 12.7. The Bertz CT molecular complexity index is 348. The molecular formula is C17H33N3O. The van der Waals surface area contributed by atoms with Gasteiger partial charge in [0.2, 0.25) is 5.91 Å². The van der Waals surface area contributed by atoms with Crippen LogP contribution in [0.4, 0.5) is 0 Å². The largest absolute Gasteiger partial charge is 0.341 e. The molecule has 4 nitrogen and oxygen atoms in total. The smallest absolute Gasteiger partial charge is 0.239 e. The molecular weight excluding hydrogens is 262 g/mol. The van der Waals surface area contributed by atoms with E-state index in [0.29, 0.717) is 11.8 Å². The van der Waals surface area contributed by atoms with Crippen molar-refractivity contribution in [3.05, 3.63) is 0 Å². The number of hydrogen-bond acceptors (Lipinski definition) is 3. The number of nitrogens with one attached hydrogen (secondary N) is 1. The van der Waals surface area contributed by atoms with Gasteiger partial charge in [-0.1, -0.05) is 20.8 Å². The SMILES string of the molecule is CCN1CCC(CN2CC(C)(C)CCC(NC)C2=O)CC1. The first-order chi connectivity index (χ1) is 9.95. The lowest BCUT2D eigenvalue weighted by Gasteiger charge is -2.36. The van der Waals surface area contributed by atoms with Gasteiger partial charge in [0.05, 0.1) is 6.04 Å². The monoisotopic (exact) mass is 295 g/mol. The highest BCUT2D eigenvalue weighted by atomic mass is 16.2. The summed E-state index contributed by atoms with van der Waals surface area (Å²) in [6, 6.07) is 0.0162. The summed E-state index contributed by atoms with van der Waals surface area (Å²) in [5, 5.41) is 3.22. The Labute approximate surface area is 130 Å². The number of carbonyl (C=O) groups is 1. The van der Waals surface area contributed by atoms with E-state index in [1.807, 2.05) is 7.05 Å². The molecule has 2 fully saturated rings. The van der Waals surface area contributed by atoms with Gasteiger partial charge in [0.25, 0.3) is 0 Å². The third-order valence-electron chi connectivity index (χ3n) is 5.32. The Morgan fingerprint density at radius 1 is 1.24 bits per heavy atom. The zero-order valence-electron chi connectivity index (χ0n) is 14.3. The molecule has 0 radical (unpaired) electrons. The first kappa shape index (κ1) is 16.8. The minimum Gasteiger partial charge on any atom is -0.341 e. The molecule has 0 spiro atoms.